The van der Waals surface area contributed by atoms with Gasteiger partial charge in [-0.2, -0.15) is 0 Å². The van der Waals surface area contributed by atoms with Crippen LogP contribution in [-0.4, -0.2) is 52.1 Å². The van der Waals surface area contributed by atoms with Gasteiger partial charge in [0.2, 0.25) is 0 Å². The number of rotatable bonds is 10. The Hall–Kier alpha value is -1.79. The minimum absolute atomic E-state index is 0.276. The Morgan fingerprint density at radius 3 is 2.89 bits per heavy atom. The maximum absolute atomic E-state index is 6.11. The summed E-state index contributed by atoms with van der Waals surface area (Å²) in [6.07, 6.45) is 2.30. The molecule has 6 nitrogen and oxygen atoms in total. The van der Waals surface area contributed by atoms with Crippen molar-refractivity contribution in [2.24, 2.45) is 10.9 Å². The molecule has 1 aromatic carbocycles. The lowest BCUT2D eigenvalue weighted by Crippen LogP contribution is -2.37. The average Bonchev–Trinajstić information content (AvgIpc) is 3.16. The van der Waals surface area contributed by atoms with E-state index < -0.39 is 0 Å². The molecule has 1 fully saturated rings. The Kier molecular flexibility index (Phi) is 9.42. The molecule has 0 amide bonds. The number of ether oxygens (including phenoxy) is 3. The van der Waals surface area contributed by atoms with E-state index in [1.54, 1.807) is 7.05 Å². The molecule has 1 aliphatic rings. The van der Waals surface area contributed by atoms with Gasteiger partial charge in [-0.3, -0.25) is 4.99 Å². The molecule has 0 aromatic heterocycles. The number of aliphatic imine (C=N–C) groups is 1. The summed E-state index contributed by atoms with van der Waals surface area (Å²) in [5, 5.41) is 6.69. The fraction of sp³-hybridized carbons (Fsp3) is 0.667. The largest absolute Gasteiger partial charge is 0.493 e. The molecule has 6 heteroatoms. The number of benzene rings is 1. The standard InChI is InChI=1S/C21H35N3O3/c1-16(2)26-10-5-9-23-21(22-4)24-13-19-7-6-17(3)12-20(19)27-15-18-8-11-25-14-18/h6-7,12,16,18H,5,8-11,13-15H2,1-4H3,(H2,22,23,24). The molecule has 1 atom stereocenters. The van der Waals surface area contributed by atoms with Crippen LogP contribution >= 0.6 is 0 Å². The van der Waals surface area contributed by atoms with Gasteiger partial charge in [0.1, 0.15) is 5.75 Å². The molecule has 152 valence electrons. The fourth-order valence-corrected chi connectivity index (χ4v) is 2.86. The zero-order chi connectivity index (χ0) is 19.5. The summed E-state index contributed by atoms with van der Waals surface area (Å²) in [4.78, 5) is 4.29. The summed E-state index contributed by atoms with van der Waals surface area (Å²) in [6, 6.07) is 6.33. The molecular weight excluding hydrogens is 342 g/mol. The molecule has 27 heavy (non-hydrogen) atoms. The van der Waals surface area contributed by atoms with Crippen molar-refractivity contribution in [3.05, 3.63) is 29.3 Å². The van der Waals surface area contributed by atoms with Gasteiger partial charge in [0.15, 0.2) is 5.96 Å². The molecule has 2 N–H and O–H groups in total. The number of nitrogens with zero attached hydrogens (tertiary/aromatic N) is 1. The Bertz CT molecular complexity index is 584. The molecule has 0 bridgehead atoms. The number of hydrogen-bond donors (Lipinski definition) is 2. The quantitative estimate of drug-likeness (QED) is 0.373. The fourth-order valence-electron chi connectivity index (χ4n) is 2.86. The van der Waals surface area contributed by atoms with Crippen LogP contribution in [0.3, 0.4) is 0 Å². The molecule has 1 heterocycles. The third kappa shape index (κ3) is 8.18. The highest BCUT2D eigenvalue weighted by molar-refractivity contribution is 5.79. The highest BCUT2D eigenvalue weighted by Crippen LogP contribution is 2.22. The van der Waals surface area contributed by atoms with Gasteiger partial charge >= 0.3 is 0 Å². The van der Waals surface area contributed by atoms with Crippen LogP contribution < -0.4 is 15.4 Å². The third-order valence-corrected chi connectivity index (χ3v) is 4.46. The Morgan fingerprint density at radius 1 is 1.33 bits per heavy atom. The molecule has 0 saturated carbocycles. The number of aryl methyl sites for hydroxylation is 1. The first kappa shape index (κ1) is 21.5. The zero-order valence-corrected chi connectivity index (χ0v) is 17.2. The second kappa shape index (κ2) is 11.8. The van der Waals surface area contributed by atoms with Crippen molar-refractivity contribution in [3.63, 3.8) is 0 Å². The maximum atomic E-state index is 6.11. The third-order valence-electron chi connectivity index (χ3n) is 4.46. The highest BCUT2D eigenvalue weighted by Gasteiger charge is 2.17. The van der Waals surface area contributed by atoms with Crippen LogP contribution in [0.15, 0.2) is 23.2 Å². The summed E-state index contributed by atoms with van der Waals surface area (Å²) < 4.78 is 17.1. The van der Waals surface area contributed by atoms with Crippen LogP contribution in [0.1, 0.15) is 37.8 Å². The van der Waals surface area contributed by atoms with Crippen molar-refractivity contribution in [2.45, 2.75) is 46.3 Å². The average molecular weight is 378 g/mol. The number of hydrogen-bond acceptors (Lipinski definition) is 4. The van der Waals surface area contributed by atoms with E-state index in [0.717, 1.165) is 56.5 Å². The molecule has 0 aliphatic carbocycles. The lowest BCUT2D eigenvalue weighted by molar-refractivity contribution is 0.0776. The molecule has 1 unspecified atom stereocenters. The molecule has 1 aliphatic heterocycles. The Labute approximate surface area is 163 Å². The predicted molar refractivity (Wildman–Crippen MR) is 110 cm³/mol. The van der Waals surface area contributed by atoms with E-state index in [1.165, 1.54) is 5.56 Å². The SMILES string of the molecule is CN=C(NCCCOC(C)C)NCc1ccc(C)cc1OCC1CCOC1. The summed E-state index contributed by atoms with van der Waals surface area (Å²) >= 11 is 0. The van der Waals surface area contributed by atoms with E-state index >= 15 is 0 Å². The summed E-state index contributed by atoms with van der Waals surface area (Å²) in [6.45, 7) is 10.8. The van der Waals surface area contributed by atoms with Crippen molar-refractivity contribution in [1.82, 2.24) is 10.6 Å². The number of guanidine groups is 1. The first-order valence-corrected chi connectivity index (χ1v) is 9.94. The second-order valence-electron chi connectivity index (χ2n) is 7.28. The minimum Gasteiger partial charge on any atom is -0.493 e. The van der Waals surface area contributed by atoms with E-state index in [2.05, 4.69) is 54.6 Å². The van der Waals surface area contributed by atoms with E-state index in [-0.39, 0.29) is 6.10 Å². The van der Waals surface area contributed by atoms with E-state index in [0.29, 0.717) is 19.1 Å². The topological polar surface area (TPSA) is 64.1 Å². The molecule has 1 aromatic rings. The first-order valence-electron chi connectivity index (χ1n) is 9.94. The highest BCUT2D eigenvalue weighted by atomic mass is 16.5. The second-order valence-corrected chi connectivity index (χ2v) is 7.28. The lowest BCUT2D eigenvalue weighted by atomic mass is 10.1. The smallest absolute Gasteiger partial charge is 0.191 e. The van der Waals surface area contributed by atoms with Crippen molar-refractivity contribution < 1.29 is 14.2 Å². The molecule has 1 saturated heterocycles. The van der Waals surface area contributed by atoms with E-state index in [1.807, 2.05) is 0 Å². The van der Waals surface area contributed by atoms with Gasteiger partial charge in [-0.05, 0) is 45.2 Å². The van der Waals surface area contributed by atoms with E-state index in [4.69, 9.17) is 14.2 Å². The van der Waals surface area contributed by atoms with Gasteiger partial charge in [0.05, 0.1) is 19.3 Å². The van der Waals surface area contributed by atoms with Gasteiger partial charge in [0.25, 0.3) is 0 Å². The summed E-state index contributed by atoms with van der Waals surface area (Å²) in [5.41, 5.74) is 2.33. The molecule has 2 rings (SSSR count). The van der Waals surface area contributed by atoms with E-state index in [9.17, 15) is 0 Å². The van der Waals surface area contributed by atoms with Gasteiger partial charge < -0.3 is 24.8 Å². The van der Waals surface area contributed by atoms with Crippen LogP contribution in [0.25, 0.3) is 0 Å². The normalized spacial score (nSPS) is 17.4. The molecular formula is C21H35N3O3. The lowest BCUT2D eigenvalue weighted by Gasteiger charge is -2.17. The van der Waals surface area contributed by atoms with Crippen molar-refractivity contribution in [3.8, 4) is 5.75 Å². The van der Waals surface area contributed by atoms with Gasteiger partial charge in [-0.15, -0.1) is 0 Å². The van der Waals surface area contributed by atoms with Crippen LogP contribution in [0, 0.1) is 12.8 Å². The van der Waals surface area contributed by atoms with Crippen molar-refractivity contribution in [1.29, 1.82) is 0 Å². The van der Waals surface area contributed by atoms with Crippen LogP contribution in [0.2, 0.25) is 0 Å². The van der Waals surface area contributed by atoms with Crippen LogP contribution in [-0.2, 0) is 16.0 Å². The van der Waals surface area contributed by atoms with Crippen LogP contribution in [0.5, 0.6) is 5.75 Å². The zero-order valence-electron chi connectivity index (χ0n) is 17.2. The predicted octanol–water partition coefficient (Wildman–Crippen LogP) is 2.89. The summed E-state index contributed by atoms with van der Waals surface area (Å²) in [5.74, 6) is 2.22. The molecule has 0 radical (unpaired) electrons. The van der Waals surface area contributed by atoms with Gasteiger partial charge in [-0.25, -0.2) is 0 Å². The summed E-state index contributed by atoms with van der Waals surface area (Å²) in [7, 11) is 1.78. The first-order chi connectivity index (χ1) is 13.1. The minimum atomic E-state index is 0.276. The monoisotopic (exact) mass is 377 g/mol. The van der Waals surface area contributed by atoms with Gasteiger partial charge in [0, 0.05) is 44.8 Å². The molecule has 0 spiro atoms. The van der Waals surface area contributed by atoms with Crippen molar-refractivity contribution >= 4 is 5.96 Å². The van der Waals surface area contributed by atoms with Crippen molar-refractivity contribution in [2.75, 3.05) is 40.0 Å². The number of nitrogens with one attached hydrogen (secondary N) is 2. The maximum Gasteiger partial charge on any atom is 0.191 e. The van der Waals surface area contributed by atoms with Gasteiger partial charge in [-0.1, -0.05) is 12.1 Å². The Balaban J connectivity index is 1.80. The Morgan fingerprint density at radius 2 is 2.19 bits per heavy atom. The van der Waals surface area contributed by atoms with Crippen LogP contribution in [0.4, 0.5) is 0 Å².